The Balaban J connectivity index is 1.80. The Labute approximate surface area is 140 Å². The average Bonchev–Trinajstić information content (AvgIpc) is 3.16. The van der Waals surface area contributed by atoms with E-state index in [9.17, 15) is 14.7 Å². The number of carbonyl (C=O) groups excluding carboxylic acids is 1. The maximum absolute atomic E-state index is 12.7. The van der Waals surface area contributed by atoms with Crippen LogP contribution in [0.4, 0.5) is 0 Å². The van der Waals surface area contributed by atoms with E-state index in [1.807, 2.05) is 44.2 Å². The first-order chi connectivity index (χ1) is 11.4. The van der Waals surface area contributed by atoms with Crippen LogP contribution in [0, 0.1) is 13.8 Å². The van der Waals surface area contributed by atoms with Gasteiger partial charge < -0.3 is 10.0 Å². The summed E-state index contributed by atoms with van der Waals surface area (Å²) in [7, 11) is 0. The van der Waals surface area contributed by atoms with E-state index in [0.717, 1.165) is 22.5 Å². The lowest BCUT2D eigenvalue weighted by atomic mass is 9.80. The number of aliphatic carboxylic acids is 1. The van der Waals surface area contributed by atoms with Crippen molar-refractivity contribution in [3.63, 3.8) is 0 Å². The fourth-order valence-corrected chi connectivity index (χ4v) is 3.41. The van der Waals surface area contributed by atoms with Crippen LogP contribution in [0.25, 0.3) is 0 Å². The van der Waals surface area contributed by atoms with Gasteiger partial charge in [-0.05, 0) is 25.8 Å². The van der Waals surface area contributed by atoms with Gasteiger partial charge in [-0.25, -0.2) is 0 Å². The summed E-state index contributed by atoms with van der Waals surface area (Å²) >= 11 is 0. The third-order valence-electron chi connectivity index (χ3n) is 4.97. The molecule has 0 aliphatic carbocycles. The van der Waals surface area contributed by atoms with Gasteiger partial charge in [0.05, 0.1) is 12.1 Å². The largest absolute Gasteiger partial charge is 0.481 e. The standard InChI is InChI=1S/C18H21N3O3/c1-12-15(13(2)20-19-12)10-16(22)21-9-8-18(11-21,17(23)24)14-6-4-3-5-7-14/h3-7H,8-11H2,1-2H3,(H,19,20)(H,23,24)/t18-/m1/s1. The summed E-state index contributed by atoms with van der Waals surface area (Å²) in [5, 5.41) is 16.8. The van der Waals surface area contributed by atoms with Crippen molar-refractivity contribution in [2.45, 2.75) is 32.1 Å². The van der Waals surface area contributed by atoms with Gasteiger partial charge in [-0.2, -0.15) is 5.10 Å². The summed E-state index contributed by atoms with van der Waals surface area (Å²) in [5.41, 5.74) is 2.33. The fraction of sp³-hybridized carbons (Fsp3) is 0.389. The highest BCUT2D eigenvalue weighted by molar-refractivity contribution is 5.86. The number of nitrogens with zero attached hydrogens (tertiary/aromatic N) is 2. The van der Waals surface area contributed by atoms with Crippen molar-refractivity contribution in [1.29, 1.82) is 0 Å². The molecule has 3 rings (SSSR count). The molecule has 126 valence electrons. The van der Waals surface area contributed by atoms with Gasteiger partial charge in [0, 0.05) is 24.3 Å². The lowest BCUT2D eigenvalue weighted by Gasteiger charge is -2.25. The minimum Gasteiger partial charge on any atom is -0.481 e. The number of carboxylic acids is 1. The van der Waals surface area contributed by atoms with Gasteiger partial charge in [-0.15, -0.1) is 0 Å². The molecule has 1 aliphatic heterocycles. The van der Waals surface area contributed by atoms with Gasteiger partial charge in [0.15, 0.2) is 0 Å². The lowest BCUT2D eigenvalue weighted by Crippen LogP contribution is -2.40. The van der Waals surface area contributed by atoms with E-state index in [1.165, 1.54) is 0 Å². The van der Waals surface area contributed by atoms with E-state index in [-0.39, 0.29) is 18.9 Å². The Hall–Kier alpha value is -2.63. The second-order valence-electron chi connectivity index (χ2n) is 6.41. The Kier molecular flexibility index (Phi) is 4.13. The number of likely N-dealkylation sites (tertiary alicyclic amines) is 1. The fourth-order valence-electron chi connectivity index (χ4n) is 3.41. The Morgan fingerprint density at radius 1 is 1.29 bits per heavy atom. The van der Waals surface area contributed by atoms with E-state index in [0.29, 0.717) is 13.0 Å². The van der Waals surface area contributed by atoms with Crippen LogP contribution >= 0.6 is 0 Å². The molecule has 1 atom stereocenters. The molecule has 0 unspecified atom stereocenters. The predicted octanol–water partition coefficient (Wildman–Crippen LogP) is 1.82. The Bertz CT molecular complexity index is 750. The minimum absolute atomic E-state index is 0.0540. The molecule has 0 saturated carbocycles. The first-order valence-corrected chi connectivity index (χ1v) is 8.01. The molecule has 0 radical (unpaired) electrons. The number of carboxylic acid groups (broad SMARTS) is 1. The maximum atomic E-state index is 12.7. The monoisotopic (exact) mass is 327 g/mol. The molecular formula is C18H21N3O3. The number of rotatable bonds is 4. The molecule has 2 aromatic rings. The average molecular weight is 327 g/mol. The van der Waals surface area contributed by atoms with Crippen LogP contribution in [0.1, 0.15) is 28.9 Å². The van der Waals surface area contributed by atoms with E-state index < -0.39 is 11.4 Å². The summed E-state index contributed by atoms with van der Waals surface area (Å²) < 4.78 is 0. The molecule has 6 nitrogen and oxygen atoms in total. The van der Waals surface area contributed by atoms with Gasteiger partial charge in [0.25, 0.3) is 0 Å². The second-order valence-corrected chi connectivity index (χ2v) is 6.41. The number of amides is 1. The lowest BCUT2D eigenvalue weighted by molar-refractivity contribution is -0.143. The number of aromatic nitrogens is 2. The van der Waals surface area contributed by atoms with Crippen LogP contribution < -0.4 is 0 Å². The molecule has 1 amide bonds. The van der Waals surface area contributed by atoms with Crippen molar-refractivity contribution in [2.75, 3.05) is 13.1 Å². The smallest absolute Gasteiger partial charge is 0.316 e. The van der Waals surface area contributed by atoms with Crippen LogP contribution in [-0.4, -0.2) is 45.2 Å². The molecule has 1 aromatic heterocycles. The van der Waals surface area contributed by atoms with Crippen molar-refractivity contribution < 1.29 is 14.7 Å². The van der Waals surface area contributed by atoms with Crippen LogP contribution in [-0.2, 0) is 21.4 Å². The van der Waals surface area contributed by atoms with Crippen LogP contribution in [0.15, 0.2) is 30.3 Å². The molecule has 0 bridgehead atoms. The van der Waals surface area contributed by atoms with Crippen molar-refractivity contribution in [3.05, 3.63) is 52.8 Å². The molecular weight excluding hydrogens is 306 g/mol. The summed E-state index contributed by atoms with van der Waals surface area (Å²) in [5.74, 6) is -0.929. The first kappa shape index (κ1) is 16.2. The molecule has 2 N–H and O–H groups in total. The topological polar surface area (TPSA) is 86.3 Å². The van der Waals surface area contributed by atoms with Gasteiger partial charge >= 0.3 is 5.97 Å². The molecule has 1 fully saturated rings. The van der Waals surface area contributed by atoms with Crippen molar-refractivity contribution >= 4 is 11.9 Å². The SMILES string of the molecule is Cc1n[nH]c(C)c1CC(=O)N1CC[C@](C(=O)O)(c2ccccc2)C1. The zero-order valence-electron chi connectivity index (χ0n) is 13.9. The summed E-state index contributed by atoms with van der Waals surface area (Å²) in [6, 6.07) is 9.19. The van der Waals surface area contributed by atoms with E-state index in [1.54, 1.807) is 4.90 Å². The van der Waals surface area contributed by atoms with Crippen molar-refractivity contribution in [1.82, 2.24) is 15.1 Å². The van der Waals surface area contributed by atoms with E-state index in [4.69, 9.17) is 0 Å². The number of benzene rings is 1. The molecule has 1 saturated heterocycles. The van der Waals surface area contributed by atoms with Gasteiger partial charge in [0.1, 0.15) is 5.41 Å². The molecule has 0 spiro atoms. The normalized spacial score (nSPS) is 20.3. The molecule has 1 aromatic carbocycles. The quantitative estimate of drug-likeness (QED) is 0.897. The number of nitrogens with one attached hydrogen (secondary N) is 1. The Morgan fingerprint density at radius 2 is 2.00 bits per heavy atom. The van der Waals surface area contributed by atoms with Crippen LogP contribution in [0.3, 0.4) is 0 Å². The third-order valence-corrected chi connectivity index (χ3v) is 4.97. The zero-order chi connectivity index (χ0) is 17.3. The van der Waals surface area contributed by atoms with Gasteiger partial charge in [-0.3, -0.25) is 14.7 Å². The molecule has 1 aliphatic rings. The highest BCUT2D eigenvalue weighted by Gasteiger charge is 2.47. The highest BCUT2D eigenvalue weighted by atomic mass is 16.4. The highest BCUT2D eigenvalue weighted by Crippen LogP contribution is 2.35. The summed E-state index contributed by atoms with van der Waals surface area (Å²) in [6.45, 7) is 4.41. The number of carbonyl (C=O) groups is 2. The summed E-state index contributed by atoms with van der Waals surface area (Å²) in [4.78, 5) is 26.3. The minimum atomic E-state index is -1.02. The van der Waals surface area contributed by atoms with Crippen LogP contribution in [0.2, 0.25) is 0 Å². The zero-order valence-corrected chi connectivity index (χ0v) is 13.9. The van der Waals surface area contributed by atoms with Gasteiger partial charge in [-0.1, -0.05) is 30.3 Å². The number of hydrogen-bond acceptors (Lipinski definition) is 3. The van der Waals surface area contributed by atoms with Crippen molar-refractivity contribution in [2.24, 2.45) is 0 Å². The Morgan fingerprint density at radius 3 is 2.58 bits per heavy atom. The molecule has 24 heavy (non-hydrogen) atoms. The first-order valence-electron chi connectivity index (χ1n) is 8.01. The van der Waals surface area contributed by atoms with Crippen LogP contribution in [0.5, 0.6) is 0 Å². The second kappa shape index (κ2) is 6.11. The summed E-state index contributed by atoms with van der Waals surface area (Å²) in [6.07, 6.45) is 0.681. The van der Waals surface area contributed by atoms with E-state index in [2.05, 4.69) is 10.2 Å². The van der Waals surface area contributed by atoms with Crippen molar-refractivity contribution in [3.8, 4) is 0 Å². The number of H-pyrrole nitrogens is 1. The number of hydrogen-bond donors (Lipinski definition) is 2. The molecule has 6 heteroatoms. The maximum Gasteiger partial charge on any atom is 0.316 e. The third kappa shape index (κ3) is 2.68. The molecule has 2 heterocycles. The number of aryl methyl sites for hydroxylation is 2. The number of aromatic amines is 1. The van der Waals surface area contributed by atoms with E-state index >= 15 is 0 Å². The predicted molar refractivity (Wildman–Crippen MR) is 88.7 cm³/mol. The van der Waals surface area contributed by atoms with Gasteiger partial charge in [0.2, 0.25) is 5.91 Å².